The third-order valence-electron chi connectivity index (χ3n) is 4.28. The van der Waals surface area contributed by atoms with E-state index in [4.69, 9.17) is 0 Å². The first-order valence-corrected chi connectivity index (χ1v) is 6.06. The highest BCUT2D eigenvalue weighted by molar-refractivity contribution is 5.81. The molecule has 0 aromatic carbocycles. The van der Waals surface area contributed by atoms with Crippen molar-refractivity contribution in [2.24, 2.45) is 23.7 Å². The van der Waals surface area contributed by atoms with Crippen LogP contribution in [0.15, 0.2) is 12.2 Å². The van der Waals surface area contributed by atoms with Crippen molar-refractivity contribution in [1.82, 2.24) is 5.32 Å². The Morgan fingerprint density at radius 2 is 2.27 bits per heavy atom. The number of amides is 1. The maximum atomic E-state index is 11.6. The molecule has 0 aromatic rings. The van der Waals surface area contributed by atoms with E-state index in [1.165, 1.54) is 18.4 Å². The van der Waals surface area contributed by atoms with E-state index in [0.29, 0.717) is 11.8 Å². The first-order chi connectivity index (χ1) is 7.13. The second-order valence-electron chi connectivity index (χ2n) is 5.20. The Bertz CT molecular complexity index is 284. The highest BCUT2D eigenvalue weighted by Gasteiger charge is 2.43. The smallest absolute Gasteiger partial charge is 0.223 e. The van der Waals surface area contributed by atoms with Gasteiger partial charge in [0.2, 0.25) is 5.91 Å². The van der Waals surface area contributed by atoms with Crippen LogP contribution in [0.25, 0.3) is 0 Å². The lowest BCUT2D eigenvalue weighted by Crippen LogP contribution is -2.32. The number of rotatable bonds is 2. The van der Waals surface area contributed by atoms with E-state index in [1.54, 1.807) is 0 Å². The molecule has 84 valence electrons. The van der Waals surface area contributed by atoms with E-state index in [0.717, 1.165) is 18.9 Å². The van der Waals surface area contributed by atoms with Crippen LogP contribution in [0.3, 0.4) is 0 Å². The summed E-state index contributed by atoms with van der Waals surface area (Å²) in [7, 11) is 0. The van der Waals surface area contributed by atoms with E-state index in [9.17, 15) is 4.79 Å². The molecule has 0 spiro atoms. The summed E-state index contributed by atoms with van der Waals surface area (Å²) < 4.78 is 0. The summed E-state index contributed by atoms with van der Waals surface area (Å²) >= 11 is 0. The number of allylic oxidation sites excluding steroid dienone is 1. The number of carbonyl (C=O) groups is 1. The van der Waals surface area contributed by atoms with Crippen molar-refractivity contribution in [2.75, 3.05) is 6.54 Å². The highest BCUT2D eigenvalue weighted by Crippen LogP contribution is 2.44. The van der Waals surface area contributed by atoms with E-state index < -0.39 is 0 Å². The quantitative estimate of drug-likeness (QED) is 0.692. The molecular formula is C13H21NO. The predicted molar refractivity (Wildman–Crippen MR) is 61.3 cm³/mol. The molecule has 1 amide bonds. The van der Waals surface area contributed by atoms with Crippen molar-refractivity contribution < 1.29 is 4.79 Å². The van der Waals surface area contributed by atoms with Crippen molar-refractivity contribution in [3.8, 4) is 0 Å². The maximum Gasteiger partial charge on any atom is 0.223 e. The molecule has 15 heavy (non-hydrogen) atoms. The molecule has 2 aliphatic rings. The fraction of sp³-hybridized carbons (Fsp3) is 0.769. The fourth-order valence-electron chi connectivity index (χ4n) is 3.34. The van der Waals surface area contributed by atoms with Crippen LogP contribution in [0.2, 0.25) is 0 Å². The summed E-state index contributed by atoms with van der Waals surface area (Å²) in [6, 6.07) is 0. The van der Waals surface area contributed by atoms with Gasteiger partial charge in [0.05, 0.1) is 0 Å². The summed E-state index contributed by atoms with van der Waals surface area (Å²) in [4.78, 5) is 11.6. The van der Waals surface area contributed by atoms with Crippen molar-refractivity contribution in [3.63, 3.8) is 0 Å². The Morgan fingerprint density at radius 1 is 1.53 bits per heavy atom. The molecule has 0 aromatic heterocycles. The van der Waals surface area contributed by atoms with Gasteiger partial charge in [0.15, 0.2) is 0 Å². The third kappa shape index (κ3) is 1.82. The SMILES string of the molecule is C=C(C)C1CC2C(=O)NCC2CC1CC. The van der Waals surface area contributed by atoms with E-state index >= 15 is 0 Å². The van der Waals surface area contributed by atoms with Gasteiger partial charge in [0.1, 0.15) is 0 Å². The van der Waals surface area contributed by atoms with Gasteiger partial charge in [-0.25, -0.2) is 0 Å². The number of carbonyl (C=O) groups excluding carboxylic acids is 1. The summed E-state index contributed by atoms with van der Waals surface area (Å²) in [5.41, 5.74) is 1.26. The number of fused-ring (bicyclic) bond motifs is 1. The second kappa shape index (κ2) is 3.99. The molecule has 4 atom stereocenters. The summed E-state index contributed by atoms with van der Waals surface area (Å²) in [5.74, 6) is 2.46. The molecule has 1 aliphatic heterocycles. The lowest BCUT2D eigenvalue weighted by atomic mass is 9.66. The molecule has 0 radical (unpaired) electrons. The van der Waals surface area contributed by atoms with Gasteiger partial charge in [-0.05, 0) is 37.5 Å². The Morgan fingerprint density at radius 3 is 2.87 bits per heavy atom. The Kier molecular flexibility index (Phi) is 2.85. The molecule has 1 N–H and O–H groups in total. The number of hydrogen-bond donors (Lipinski definition) is 1. The first-order valence-electron chi connectivity index (χ1n) is 6.06. The average molecular weight is 207 g/mol. The molecule has 1 saturated carbocycles. The molecule has 1 aliphatic carbocycles. The molecule has 2 nitrogen and oxygen atoms in total. The van der Waals surface area contributed by atoms with Gasteiger partial charge >= 0.3 is 0 Å². The van der Waals surface area contributed by atoms with Crippen LogP contribution >= 0.6 is 0 Å². The predicted octanol–water partition coefficient (Wildman–Crippen LogP) is 2.36. The fourth-order valence-corrected chi connectivity index (χ4v) is 3.34. The largest absolute Gasteiger partial charge is 0.356 e. The van der Waals surface area contributed by atoms with Gasteiger partial charge in [-0.3, -0.25) is 4.79 Å². The monoisotopic (exact) mass is 207 g/mol. The topological polar surface area (TPSA) is 29.1 Å². The first kappa shape index (κ1) is 10.7. The van der Waals surface area contributed by atoms with Crippen molar-refractivity contribution >= 4 is 5.91 Å². The zero-order chi connectivity index (χ0) is 11.0. The average Bonchev–Trinajstić information content (AvgIpc) is 2.58. The summed E-state index contributed by atoms with van der Waals surface area (Å²) in [5, 5.41) is 3.00. The van der Waals surface area contributed by atoms with Crippen LogP contribution in [-0.2, 0) is 4.79 Å². The van der Waals surface area contributed by atoms with Crippen LogP contribution in [0.5, 0.6) is 0 Å². The molecular weight excluding hydrogens is 186 g/mol. The third-order valence-corrected chi connectivity index (χ3v) is 4.28. The Balaban J connectivity index is 2.13. The van der Waals surface area contributed by atoms with Gasteiger partial charge in [0, 0.05) is 12.5 Å². The van der Waals surface area contributed by atoms with Crippen LogP contribution in [-0.4, -0.2) is 12.5 Å². The minimum atomic E-state index is 0.273. The Labute approximate surface area is 92.1 Å². The minimum Gasteiger partial charge on any atom is -0.356 e. The molecule has 2 rings (SSSR count). The summed E-state index contributed by atoms with van der Waals surface area (Å²) in [6.07, 6.45) is 3.46. The van der Waals surface area contributed by atoms with Crippen LogP contribution in [0, 0.1) is 23.7 Å². The zero-order valence-electron chi connectivity index (χ0n) is 9.75. The standard InChI is InChI=1S/C13H21NO/c1-4-9-5-10-7-14-13(15)12(10)6-11(9)8(2)3/h9-12H,2,4-7H2,1,3H3,(H,14,15). The molecule has 4 unspecified atom stereocenters. The minimum absolute atomic E-state index is 0.273. The van der Waals surface area contributed by atoms with E-state index in [2.05, 4.69) is 25.7 Å². The Hall–Kier alpha value is -0.790. The van der Waals surface area contributed by atoms with Crippen molar-refractivity contribution in [1.29, 1.82) is 0 Å². The molecule has 1 heterocycles. The van der Waals surface area contributed by atoms with Crippen LogP contribution < -0.4 is 5.32 Å². The van der Waals surface area contributed by atoms with Crippen LogP contribution in [0.4, 0.5) is 0 Å². The van der Waals surface area contributed by atoms with Crippen LogP contribution in [0.1, 0.15) is 33.1 Å². The molecule has 2 heteroatoms. The lowest BCUT2D eigenvalue weighted by molar-refractivity contribution is -0.124. The van der Waals surface area contributed by atoms with E-state index in [-0.39, 0.29) is 11.8 Å². The number of nitrogens with one attached hydrogen (secondary N) is 1. The molecule has 1 saturated heterocycles. The second-order valence-corrected chi connectivity index (χ2v) is 5.20. The molecule has 2 fully saturated rings. The van der Waals surface area contributed by atoms with Gasteiger partial charge in [-0.1, -0.05) is 25.5 Å². The normalized spacial score (nSPS) is 39.7. The van der Waals surface area contributed by atoms with Crippen molar-refractivity contribution in [3.05, 3.63) is 12.2 Å². The van der Waals surface area contributed by atoms with Gasteiger partial charge in [-0.2, -0.15) is 0 Å². The zero-order valence-corrected chi connectivity index (χ0v) is 9.75. The van der Waals surface area contributed by atoms with E-state index in [1.807, 2.05) is 0 Å². The van der Waals surface area contributed by atoms with Crippen molar-refractivity contribution in [2.45, 2.75) is 33.1 Å². The number of hydrogen-bond acceptors (Lipinski definition) is 1. The van der Waals surface area contributed by atoms with Gasteiger partial charge in [-0.15, -0.1) is 0 Å². The lowest BCUT2D eigenvalue weighted by Gasteiger charge is -2.37. The molecule has 0 bridgehead atoms. The maximum absolute atomic E-state index is 11.6. The van der Waals surface area contributed by atoms with Gasteiger partial charge < -0.3 is 5.32 Å². The van der Waals surface area contributed by atoms with Gasteiger partial charge in [0.25, 0.3) is 0 Å². The summed E-state index contributed by atoms with van der Waals surface area (Å²) in [6.45, 7) is 9.36. The highest BCUT2D eigenvalue weighted by atomic mass is 16.2.